The third-order valence-corrected chi connectivity index (χ3v) is 3.23. The molecule has 1 aromatic carbocycles. The van der Waals surface area contributed by atoms with Crippen molar-refractivity contribution >= 4 is 5.97 Å². The highest BCUT2D eigenvalue weighted by Crippen LogP contribution is 2.38. The summed E-state index contributed by atoms with van der Waals surface area (Å²) in [6.07, 6.45) is 0.866. The lowest BCUT2D eigenvalue weighted by Gasteiger charge is -2.29. The molecule has 2 rings (SSSR count). The second kappa shape index (κ2) is 4.11. The van der Waals surface area contributed by atoms with Crippen molar-refractivity contribution in [3.8, 4) is 0 Å². The Morgan fingerprint density at radius 3 is 2.82 bits per heavy atom. The Labute approximate surface area is 99.7 Å². The third-order valence-electron chi connectivity index (χ3n) is 3.23. The molecule has 0 amide bonds. The Kier molecular flexibility index (Phi) is 2.91. The van der Waals surface area contributed by atoms with Crippen molar-refractivity contribution in [2.75, 3.05) is 0 Å². The van der Waals surface area contributed by atoms with Gasteiger partial charge in [-0.2, -0.15) is 0 Å². The van der Waals surface area contributed by atoms with Gasteiger partial charge in [-0.05, 0) is 43.9 Å². The van der Waals surface area contributed by atoms with Crippen LogP contribution in [-0.4, -0.2) is 17.1 Å². The maximum absolute atomic E-state index is 13.6. The summed E-state index contributed by atoms with van der Waals surface area (Å²) in [5.41, 5.74) is -0.0345. The number of rotatable bonds is 3. The molecule has 1 aliphatic rings. The number of hydrogen-bond donors (Lipinski definition) is 2. The molecule has 2 N–H and O–H groups in total. The Balaban J connectivity index is 2.53. The van der Waals surface area contributed by atoms with Crippen molar-refractivity contribution in [1.29, 1.82) is 0 Å². The molecule has 17 heavy (non-hydrogen) atoms. The smallest absolute Gasteiger partial charge is 0.328 e. The third kappa shape index (κ3) is 1.82. The molecule has 1 unspecified atom stereocenters. The first-order valence-corrected chi connectivity index (χ1v) is 5.76. The summed E-state index contributed by atoms with van der Waals surface area (Å²) in [5.74, 6) is -1.24. The number of halogens is 1. The molecule has 0 aliphatic heterocycles. The quantitative estimate of drug-likeness (QED) is 0.846. The van der Waals surface area contributed by atoms with E-state index in [0.29, 0.717) is 24.0 Å². The monoisotopic (exact) mass is 237 g/mol. The van der Waals surface area contributed by atoms with Crippen LogP contribution in [0.1, 0.15) is 31.4 Å². The Morgan fingerprint density at radius 2 is 2.24 bits per heavy atom. The number of carboxylic acid groups (broad SMARTS) is 1. The Morgan fingerprint density at radius 1 is 1.53 bits per heavy atom. The Hall–Kier alpha value is -1.42. The van der Waals surface area contributed by atoms with E-state index in [0.717, 1.165) is 0 Å². The SMILES string of the molecule is CC(C)NC1(C(=O)O)CCc2c(F)cccc21. The van der Waals surface area contributed by atoms with E-state index in [1.54, 1.807) is 12.1 Å². The zero-order valence-electron chi connectivity index (χ0n) is 9.96. The molecule has 1 aliphatic carbocycles. The van der Waals surface area contributed by atoms with Crippen molar-refractivity contribution in [2.24, 2.45) is 0 Å². The first kappa shape index (κ1) is 12.0. The van der Waals surface area contributed by atoms with Crippen LogP contribution in [0.5, 0.6) is 0 Å². The zero-order valence-corrected chi connectivity index (χ0v) is 9.96. The van der Waals surface area contributed by atoms with Crippen molar-refractivity contribution in [3.05, 3.63) is 35.1 Å². The summed E-state index contributed by atoms with van der Waals surface area (Å²) in [6, 6.07) is 4.68. The van der Waals surface area contributed by atoms with Crippen LogP contribution < -0.4 is 5.32 Å². The van der Waals surface area contributed by atoms with E-state index in [9.17, 15) is 14.3 Å². The lowest BCUT2D eigenvalue weighted by atomic mass is 9.91. The van der Waals surface area contributed by atoms with Gasteiger partial charge in [0.15, 0.2) is 0 Å². The van der Waals surface area contributed by atoms with E-state index in [1.807, 2.05) is 13.8 Å². The van der Waals surface area contributed by atoms with Crippen molar-refractivity contribution < 1.29 is 14.3 Å². The van der Waals surface area contributed by atoms with E-state index in [1.165, 1.54) is 6.07 Å². The second-order valence-corrected chi connectivity index (χ2v) is 4.78. The summed E-state index contributed by atoms with van der Waals surface area (Å²) in [5, 5.41) is 12.5. The number of benzene rings is 1. The van der Waals surface area contributed by atoms with E-state index < -0.39 is 11.5 Å². The van der Waals surface area contributed by atoms with Crippen LogP contribution in [0.15, 0.2) is 18.2 Å². The van der Waals surface area contributed by atoms with Gasteiger partial charge in [0.05, 0.1) is 0 Å². The largest absolute Gasteiger partial charge is 0.480 e. The van der Waals surface area contributed by atoms with Gasteiger partial charge in [0.25, 0.3) is 0 Å². The average Bonchev–Trinajstić information content (AvgIpc) is 2.59. The minimum Gasteiger partial charge on any atom is -0.480 e. The van der Waals surface area contributed by atoms with Crippen LogP contribution in [0.25, 0.3) is 0 Å². The summed E-state index contributed by atoms with van der Waals surface area (Å²) in [6.45, 7) is 3.78. The van der Waals surface area contributed by atoms with Gasteiger partial charge in [-0.25, -0.2) is 9.18 Å². The molecule has 92 valence electrons. The van der Waals surface area contributed by atoms with Gasteiger partial charge in [0.2, 0.25) is 0 Å². The zero-order chi connectivity index (χ0) is 12.6. The first-order valence-electron chi connectivity index (χ1n) is 5.76. The van der Waals surface area contributed by atoms with E-state index in [2.05, 4.69) is 5.32 Å². The fourth-order valence-electron chi connectivity index (χ4n) is 2.59. The summed E-state index contributed by atoms with van der Waals surface area (Å²) < 4.78 is 13.6. The lowest BCUT2D eigenvalue weighted by molar-refractivity contribution is -0.145. The predicted octanol–water partition coefficient (Wildman–Crippen LogP) is 2.05. The number of aliphatic carboxylic acids is 1. The van der Waals surface area contributed by atoms with Gasteiger partial charge in [-0.15, -0.1) is 0 Å². The van der Waals surface area contributed by atoms with Gasteiger partial charge in [0.1, 0.15) is 11.4 Å². The molecule has 0 saturated carbocycles. The Bertz CT molecular complexity index is 459. The van der Waals surface area contributed by atoms with E-state index in [4.69, 9.17) is 0 Å². The topological polar surface area (TPSA) is 49.3 Å². The molecule has 1 atom stereocenters. The van der Waals surface area contributed by atoms with E-state index >= 15 is 0 Å². The molecule has 0 aromatic heterocycles. The maximum Gasteiger partial charge on any atom is 0.328 e. The molecule has 3 nitrogen and oxygen atoms in total. The molecule has 0 heterocycles. The fraction of sp³-hybridized carbons (Fsp3) is 0.462. The maximum atomic E-state index is 13.6. The molecule has 0 bridgehead atoms. The molecule has 0 spiro atoms. The fourth-order valence-corrected chi connectivity index (χ4v) is 2.59. The van der Waals surface area contributed by atoms with Crippen molar-refractivity contribution in [1.82, 2.24) is 5.32 Å². The van der Waals surface area contributed by atoms with Gasteiger partial charge in [-0.3, -0.25) is 5.32 Å². The van der Waals surface area contributed by atoms with Gasteiger partial charge in [0, 0.05) is 6.04 Å². The van der Waals surface area contributed by atoms with Crippen LogP contribution in [0.4, 0.5) is 4.39 Å². The van der Waals surface area contributed by atoms with Crippen molar-refractivity contribution in [2.45, 2.75) is 38.3 Å². The average molecular weight is 237 g/mol. The second-order valence-electron chi connectivity index (χ2n) is 4.78. The van der Waals surface area contributed by atoms with Crippen molar-refractivity contribution in [3.63, 3.8) is 0 Å². The standard InChI is InChI=1S/C13H16FNO2/c1-8(2)15-13(12(16)17)7-6-9-10(13)4-3-5-11(9)14/h3-5,8,15H,6-7H2,1-2H3,(H,16,17). The molecular formula is C13H16FNO2. The molecular weight excluding hydrogens is 221 g/mol. The highest BCUT2D eigenvalue weighted by atomic mass is 19.1. The minimum atomic E-state index is -1.13. The number of nitrogens with one attached hydrogen (secondary N) is 1. The van der Waals surface area contributed by atoms with Crippen LogP contribution in [0, 0.1) is 5.82 Å². The highest BCUT2D eigenvalue weighted by Gasteiger charge is 2.46. The molecule has 0 fully saturated rings. The van der Waals surface area contributed by atoms with E-state index in [-0.39, 0.29) is 11.9 Å². The molecule has 0 saturated heterocycles. The number of carbonyl (C=O) groups is 1. The molecule has 1 aromatic rings. The normalized spacial score (nSPS) is 22.8. The summed E-state index contributed by atoms with van der Waals surface area (Å²) >= 11 is 0. The van der Waals surface area contributed by atoms with Crippen LogP contribution >= 0.6 is 0 Å². The van der Waals surface area contributed by atoms with Crippen LogP contribution in [0.3, 0.4) is 0 Å². The van der Waals surface area contributed by atoms with Crippen LogP contribution in [-0.2, 0) is 16.8 Å². The first-order chi connectivity index (χ1) is 7.97. The van der Waals surface area contributed by atoms with Crippen LogP contribution in [0.2, 0.25) is 0 Å². The number of hydrogen-bond acceptors (Lipinski definition) is 2. The number of carboxylic acids is 1. The summed E-state index contributed by atoms with van der Waals surface area (Å²) in [7, 11) is 0. The predicted molar refractivity (Wildman–Crippen MR) is 62.3 cm³/mol. The van der Waals surface area contributed by atoms with Gasteiger partial charge < -0.3 is 5.11 Å². The lowest BCUT2D eigenvalue weighted by Crippen LogP contribution is -2.50. The van der Waals surface area contributed by atoms with Gasteiger partial charge in [-0.1, -0.05) is 12.1 Å². The molecule has 0 radical (unpaired) electrons. The van der Waals surface area contributed by atoms with Gasteiger partial charge >= 0.3 is 5.97 Å². The molecule has 4 heteroatoms. The minimum absolute atomic E-state index is 0.0281. The highest BCUT2D eigenvalue weighted by molar-refractivity contribution is 5.82. The summed E-state index contributed by atoms with van der Waals surface area (Å²) in [4.78, 5) is 11.5. The number of fused-ring (bicyclic) bond motifs is 1.